The lowest BCUT2D eigenvalue weighted by Gasteiger charge is -2.15. The van der Waals surface area contributed by atoms with Crippen molar-refractivity contribution < 1.29 is 19.5 Å². The number of likely N-dealkylation sites (tertiary alicyclic amines) is 1. The van der Waals surface area contributed by atoms with Crippen LogP contribution in [0.3, 0.4) is 0 Å². The highest BCUT2D eigenvalue weighted by Crippen LogP contribution is 2.12. The van der Waals surface area contributed by atoms with Crippen LogP contribution in [0, 0.1) is 0 Å². The Morgan fingerprint density at radius 3 is 1.71 bits per heavy atom. The summed E-state index contributed by atoms with van der Waals surface area (Å²) in [5.74, 6) is 0.479. The number of hydrogen-bond acceptors (Lipinski definition) is 4. The second-order valence-corrected chi connectivity index (χ2v) is 9.83. The summed E-state index contributed by atoms with van der Waals surface area (Å²) in [6, 6.07) is 0. The Morgan fingerprint density at radius 2 is 1.18 bits per heavy atom. The molecule has 0 spiro atoms. The predicted octanol–water partition coefficient (Wildman–Crippen LogP) is 4.46. The van der Waals surface area contributed by atoms with Crippen LogP contribution in [0.5, 0.6) is 0 Å². The molecule has 1 aliphatic rings. The molecular formula is C27H51N3O4. The molecule has 1 aliphatic heterocycles. The molecule has 1 rings (SSSR count). The molecule has 1 fully saturated rings. The van der Waals surface area contributed by atoms with Gasteiger partial charge >= 0.3 is 0 Å². The van der Waals surface area contributed by atoms with Gasteiger partial charge in [0, 0.05) is 45.4 Å². The molecule has 0 aromatic carbocycles. The average Bonchev–Trinajstić information content (AvgIpc) is 3.26. The van der Waals surface area contributed by atoms with Crippen molar-refractivity contribution in [3.63, 3.8) is 0 Å². The molecule has 3 amide bonds. The summed E-state index contributed by atoms with van der Waals surface area (Å²) in [6.07, 6.45) is 17.4. The SMILES string of the molecule is CCCCC(=O)NCCCCCCCCCCCC(=O)NCCCCCC(=O)N1CCC(O)C1. The third kappa shape index (κ3) is 16.9. The minimum Gasteiger partial charge on any atom is -0.391 e. The van der Waals surface area contributed by atoms with Gasteiger partial charge in [-0.25, -0.2) is 0 Å². The number of hydrogen-bond donors (Lipinski definition) is 3. The topological polar surface area (TPSA) is 98.7 Å². The van der Waals surface area contributed by atoms with Gasteiger partial charge in [0.2, 0.25) is 17.7 Å². The van der Waals surface area contributed by atoms with E-state index in [-0.39, 0.29) is 23.8 Å². The summed E-state index contributed by atoms with van der Waals surface area (Å²) in [5.41, 5.74) is 0. The molecule has 0 bridgehead atoms. The second kappa shape index (κ2) is 20.7. The zero-order chi connectivity index (χ0) is 24.9. The number of β-amino-alcohol motifs (C(OH)–C–C–N with tert-alkyl or cyclic N) is 1. The van der Waals surface area contributed by atoms with E-state index in [1.54, 1.807) is 4.90 Å². The first-order chi connectivity index (χ1) is 16.5. The van der Waals surface area contributed by atoms with E-state index in [0.29, 0.717) is 45.3 Å². The van der Waals surface area contributed by atoms with Crippen LogP contribution in [-0.2, 0) is 14.4 Å². The summed E-state index contributed by atoms with van der Waals surface area (Å²) in [6.45, 7) is 4.77. The Bertz CT molecular complexity index is 556. The first-order valence-corrected chi connectivity index (χ1v) is 14.0. The highest BCUT2D eigenvalue weighted by atomic mass is 16.3. The van der Waals surface area contributed by atoms with Crippen molar-refractivity contribution in [1.29, 1.82) is 0 Å². The molecule has 0 aromatic rings. The van der Waals surface area contributed by atoms with Crippen LogP contribution in [0.15, 0.2) is 0 Å². The number of unbranched alkanes of at least 4 members (excludes halogenated alkanes) is 11. The van der Waals surface area contributed by atoms with Gasteiger partial charge in [0.25, 0.3) is 0 Å². The van der Waals surface area contributed by atoms with Crippen molar-refractivity contribution in [2.24, 2.45) is 0 Å². The van der Waals surface area contributed by atoms with E-state index in [1.165, 1.54) is 38.5 Å². The van der Waals surface area contributed by atoms with Gasteiger partial charge in [-0.3, -0.25) is 14.4 Å². The number of nitrogens with one attached hydrogen (secondary N) is 2. The Hall–Kier alpha value is -1.63. The van der Waals surface area contributed by atoms with Crippen LogP contribution < -0.4 is 10.6 Å². The number of nitrogens with zero attached hydrogens (tertiary/aromatic N) is 1. The minimum atomic E-state index is -0.350. The Kier molecular flexibility index (Phi) is 18.5. The third-order valence-corrected chi connectivity index (χ3v) is 6.57. The monoisotopic (exact) mass is 481 g/mol. The van der Waals surface area contributed by atoms with Crippen LogP contribution in [0.2, 0.25) is 0 Å². The Labute approximate surface area is 207 Å². The van der Waals surface area contributed by atoms with Crippen molar-refractivity contribution in [1.82, 2.24) is 15.5 Å². The summed E-state index contributed by atoms with van der Waals surface area (Å²) in [7, 11) is 0. The average molecular weight is 482 g/mol. The molecule has 1 atom stereocenters. The van der Waals surface area contributed by atoms with E-state index in [2.05, 4.69) is 17.6 Å². The van der Waals surface area contributed by atoms with E-state index in [0.717, 1.165) is 57.9 Å². The standard InChI is InChI=1S/C27H51N3O4/c1-2-3-16-25(32)28-20-14-10-8-6-4-5-7-9-12-17-26(33)29-21-15-11-13-18-27(34)30-22-19-24(31)23-30/h24,31H,2-23H2,1H3,(H,28,32)(H,29,33). The van der Waals surface area contributed by atoms with Gasteiger partial charge in [-0.15, -0.1) is 0 Å². The van der Waals surface area contributed by atoms with Crippen molar-refractivity contribution in [2.75, 3.05) is 26.2 Å². The quantitative estimate of drug-likeness (QED) is 0.211. The van der Waals surface area contributed by atoms with E-state index in [9.17, 15) is 19.5 Å². The second-order valence-electron chi connectivity index (χ2n) is 9.83. The Morgan fingerprint density at radius 1 is 0.706 bits per heavy atom. The molecular weight excluding hydrogens is 430 g/mol. The predicted molar refractivity (Wildman–Crippen MR) is 137 cm³/mol. The molecule has 0 saturated carbocycles. The van der Waals surface area contributed by atoms with Gasteiger partial charge in [-0.1, -0.05) is 64.7 Å². The Balaban J connectivity index is 1.78. The highest BCUT2D eigenvalue weighted by molar-refractivity contribution is 5.76. The molecule has 7 nitrogen and oxygen atoms in total. The summed E-state index contributed by atoms with van der Waals surface area (Å²) >= 11 is 0. The van der Waals surface area contributed by atoms with Gasteiger partial charge in [0.1, 0.15) is 0 Å². The van der Waals surface area contributed by atoms with Gasteiger partial charge in [0.05, 0.1) is 6.10 Å². The van der Waals surface area contributed by atoms with Crippen molar-refractivity contribution >= 4 is 17.7 Å². The fourth-order valence-electron chi connectivity index (χ4n) is 4.32. The lowest BCUT2D eigenvalue weighted by Crippen LogP contribution is -2.29. The van der Waals surface area contributed by atoms with Gasteiger partial charge in [-0.2, -0.15) is 0 Å². The normalized spacial score (nSPS) is 15.5. The number of carbonyl (C=O) groups is 3. The lowest BCUT2D eigenvalue weighted by molar-refractivity contribution is -0.130. The maximum absolute atomic E-state index is 12.0. The molecule has 3 N–H and O–H groups in total. The van der Waals surface area contributed by atoms with E-state index in [1.807, 2.05) is 0 Å². The molecule has 7 heteroatoms. The van der Waals surface area contributed by atoms with E-state index < -0.39 is 0 Å². The highest BCUT2D eigenvalue weighted by Gasteiger charge is 2.23. The van der Waals surface area contributed by atoms with Crippen LogP contribution in [0.25, 0.3) is 0 Å². The van der Waals surface area contributed by atoms with Gasteiger partial charge in [0.15, 0.2) is 0 Å². The molecule has 1 unspecified atom stereocenters. The molecule has 34 heavy (non-hydrogen) atoms. The number of amides is 3. The molecule has 1 saturated heterocycles. The van der Waals surface area contributed by atoms with Gasteiger partial charge < -0.3 is 20.6 Å². The molecule has 0 aliphatic carbocycles. The number of rotatable bonds is 21. The van der Waals surface area contributed by atoms with Crippen molar-refractivity contribution in [3.8, 4) is 0 Å². The molecule has 1 heterocycles. The number of aliphatic hydroxyl groups is 1. The van der Waals surface area contributed by atoms with Crippen molar-refractivity contribution in [3.05, 3.63) is 0 Å². The van der Waals surface area contributed by atoms with Crippen LogP contribution in [0.4, 0.5) is 0 Å². The maximum atomic E-state index is 12.0. The van der Waals surface area contributed by atoms with Crippen molar-refractivity contribution in [2.45, 2.75) is 129 Å². The fourth-order valence-corrected chi connectivity index (χ4v) is 4.32. The summed E-state index contributed by atoms with van der Waals surface area (Å²) in [4.78, 5) is 37.2. The van der Waals surface area contributed by atoms with Gasteiger partial charge in [-0.05, 0) is 38.5 Å². The lowest BCUT2D eigenvalue weighted by atomic mass is 10.1. The fraction of sp³-hybridized carbons (Fsp3) is 0.889. The number of carbonyl (C=O) groups excluding carboxylic acids is 3. The first-order valence-electron chi connectivity index (χ1n) is 14.0. The zero-order valence-electron chi connectivity index (χ0n) is 21.8. The summed E-state index contributed by atoms with van der Waals surface area (Å²) in [5, 5.41) is 15.5. The zero-order valence-corrected chi connectivity index (χ0v) is 21.8. The largest absolute Gasteiger partial charge is 0.391 e. The molecule has 198 valence electrons. The van der Waals surface area contributed by atoms with E-state index >= 15 is 0 Å². The number of aliphatic hydroxyl groups excluding tert-OH is 1. The van der Waals surface area contributed by atoms with Crippen LogP contribution >= 0.6 is 0 Å². The molecule has 0 radical (unpaired) electrons. The smallest absolute Gasteiger partial charge is 0.222 e. The third-order valence-electron chi connectivity index (χ3n) is 6.57. The molecule has 0 aromatic heterocycles. The first kappa shape index (κ1) is 30.4. The van der Waals surface area contributed by atoms with E-state index in [4.69, 9.17) is 0 Å². The summed E-state index contributed by atoms with van der Waals surface area (Å²) < 4.78 is 0. The van der Waals surface area contributed by atoms with Crippen LogP contribution in [-0.4, -0.2) is 60.0 Å². The minimum absolute atomic E-state index is 0.142. The van der Waals surface area contributed by atoms with Crippen LogP contribution in [0.1, 0.15) is 122 Å². The maximum Gasteiger partial charge on any atom is 0.222 e.